The van der Waals surface area contributed by atoms with Crippen LogP contribution in [0.15, 0.2) is 24.3 Å². The van der Waals surface area contributed by atoms with Crippen LogP contribution in [0, 0.1) is 6.92 Å². The van der Waals surface area contributed by atoms with E-state index in [1.54, 1.807) is 6.07 Å². The van der Waals surface area contributed by atoms with Crippen LogP contribution in [0.25, 0.3) is 0 Å². The first-order chi connectivity index (χ1) is 7.11. The van der Waals surface area contributed by atoms with E-state index in [1.807, 2.05) is 25.1 Å². The molecule has 0 saturated heterocycles. The highest BCUT2D eigenvalue weighted by Crippen LogP contribution is 2.11. The largest absolute Gasteiger partial charge is 0.369 e. The van der Waals surface area contributed by atoms with Crippen molar-refractivity contribution in [2.75, 3.05) is 11.5 Å². The Morgan fingerprint density at radius 2 is 1.93 bits per heavy atom. The Labute approximate surface area is 93.0 Å². The van der Waals surface area contributed by atoms with Crippen LogP contribution in [0.1, 0.15) is 15.9 Å². The van der Waals surface area contributed by atoms with Crippen molar-refractivity contribution in [1.29, 1.82) is 0 Å². The lowest BCUT2D eigenvalue weighted by Gasteiger charge is -2.03. The molecule has 1 aromatic carbocycles. The van der Waals surface area contributed by atoms with Crippen LogP contribution in [-0.2, 0) is 4.79 Å². The minimum absolute atomic E-state index is 0.0411. The van der Waals surface area contributed by atoms with Crippen molar-refractivity contribution in [2.24, 2.45) is 5.73 Å². The molecule has 0 heterocycles. The lowest BCUT2D eigenvalue weighted by Crippen LogP contribution is -2.15. The number of hydrogen-bond donors (Lipinski definition) is 1. The average molecular weight is 223 g/mol. The zero-order valence-electron chi connectivity index (χ0n) is 8.53. The third-order valence-electron chi connectivity index (χ3n) is 1.92. The van der Waals surface area contributed by atoms with E-state index in [4.69, 9.17) is 5.73 Å². The molecule has 0 atom stereocenters. The van der Waals surface area contributed by atoms with Gasteiger partial charge in [-0.3, -0.25) is 9.59 Å². The number of Topliss-reactive ketones (excluding diaryl/α,β-unsaturated/α-hetero) is 1. The number of rotatable bonds is 5. The maximum atomic E-state index is 11.7. The Balaban J connectivity index is 2.54. The van der Waals surface area contributed by atoms with Crippen molar-refractivity contribution in [2.45, 2.75) is 6.92 Å². The van der Waals surface area contributed by atoms with Crippen molar-refractivity contribution in [3.63, 3.8) is 0 Å². The molecule has 15 heavy (non-hydrogen) atoms. The number of hydrogen-bond acceptors (Lipinski definition) is 3. The van der Waals surface area contributed by atoms with E-state index in [1.165, 1.54) is 11.8 Å². The second-order valence-electron chi connectivity index (χ2n) is 3.20. The predicted octanol–water partition coefficient (Wildman–Crippen LogP) is 1.40. The molecule has 2 N–H and O–H groups in total. The fourth-order valence-corrected chi connectivity index (χ4v) is 1.85. The predicted molar refractivity (Wildman–Crippen MR) is 62.0 cm³/mol. The van der Waals surface area contributed by atoms with Gasteiger partial charge >= 0.3 is 0 Å². The quantitative estimate of drug-likeness (QED) is 0.767. The SMILES string of the molecule is Cc1ccccc1C(=O)CSCC(N)=O. The molecule has 1 aromatic rings. The van der Waals surface area contributed by atoms with E-state index >= 15 is 0 Å². The number of ketones is 1. The summed E-state index contributed by atoms with van der Waals surface area (Å²) in [4.78, 5) is 22.1. The van der Waals surface area contributed by atoms with Crippen molar-refractivity contribution in [1.82, 2.24) is 0 Å². The summed E-state index contributed by atoms with van der Waals surface area (Å²) in [5.41, 5.74) is 6.65. The first-order valence-corrected chi connectivity index (χ1v) is 5.71. The second-order valence-corrected chi connectivity index (χ2v) is 4.18. The van der Waals surface area contributed by atoms with Gasteiger partial charge in [0.2, 0.25) is 5.91 Å². The second kappa shape index (κ2) is 5.56. The zero-order chi connectivity index (χ0) is 11.3. The standard InChI is InChI=1S/C11H13NO2S/c1-8-4-2-3-5-9(8)10(13)6-15-7-11(12)14/h2-5H,6-7H2,1H3,(H2,12,14). The fraction of sp³-hybridized carbons (Fsp3) is 0.273. The van der Waals surface area contributed by atoms with Gasteiger partial charge in [0.25, 0.3) is 0 Å². The highest BCUT2D eigenvalue weighted by Gasteiger charge is 2.08. The van der Waals surface area contributed by atoms with E-state index < -0.39 is 5.91 Å². The smallest absolute Gasteiger partial charge is 0.227 e. The summed E-state index contributed by atoms with van der Waals surface area (Å²) < 4.78 is 0. The molecule has 0 bridgehead atoms. The number of benzene rings is 1. The van der Waals surface area contributed by atoms with E-state index in [0.29, 0.717) is 5.75 Å². The van der Waals surface area contributed by atoms with Crippen LogP contribution in [0.2, 0.25) is 0 Å². The van der Waals surface area contributed by atoms with Gasteiger partial charge in [-0.2, -0.15) is 0 Å². The van der Waals surface area contributed by atoms with Gasteiger partial charge in [-0.25, -0.2) is 0 Å². The molecule has 0 aliphatic rings. The van der Waals surface area contributed by atoms with Crippen molar-refractivity contribution in [3.8, 4) is 0 Å². The molecular weight excluding hydrogens is 210 g/mol. The summed E-state index contributed by atoms with van der Waals surface area (Å²) in [7, 11) is 0. The Bertz CT molecular complexity index is 377. The normalized spacial score (nSPS) is 9.93. The maximum Gasteiger partial charge on any atom is 0.227 e. The van der Waals surface area contributed by atoms with E-state index in [2.05, 4.69) is 0 Å². The minimum atomic E-state index is -0.391. The number of carbonyl (C=O) groups excluding carboxylic acids is 2. The lowest BCUT2D eigenvalue weighted by atomic mass is 10.1. The molecule has 3 nitrogen and oxygen atoms in total. The fourth-order valence-electron chi connectivity index (χ4n) is 1.21. The Morgan fingerprint density at radius 1 is 1.27 bits per heavy atom. The van der Waals surface area contributed by atoms with Crippen LogP contribution in [-0.4, -0.2) is 23.2 Å². The molecule has 1 amide bonds. The van der Waals surface area contributed by atoms with Gasteiger partial charge in [-0.1, -0.05) is 24.3 Å². The molecule has 0 fully saturated rings. The van der Waals surface area contributed by atoms with Crippen LogP contribution >= 0.6 is 11.8 Å². The Hall–Kier alpha value is -1.29. The molecule has 0 radical (unpaired) electrons. The van der Waals surface area contributed by atoms with Gasteiger partial charge in [0.1, 0.15) is 0 Å². The molecule has 80 valence electrons. The van der Waals surface area contributed by atoms with Gasteiger partial charge in [-0.15, -0.1) is 11.8 Å². The number of primary amides is 1. The summed E-state index contributed by atoms with van der Waals surface area (Å²) in [6.45, 7) is 1.89. The lowest BCUT2D eigenvalue weighted by molar-refractivity contribution is -0.115. The third kappa shape index (κ3) is 3.75. The van der Waals surface area contributed by atoms with E-state index in [0.717, 1.165) is 11.1 Å². The van der Waals surface area contributed by atoms with Gasteiger partial charge < -0.3 is 5.73 Å². The number of carbonyl (C=O) groups is 2. The summed E-state index contributed by atoms with van der Waals surface area (Å²) in [6.07, 6.45) is 0. The number of aryl methyl sites for hydroxylation is 1. The van der Waals surface area contributed by atoms with Crippen LogP contribution in [0.3, 0.4) is 0 Å². The molecule has 0 aliphatic carbocycles. The first-order valence-electron chi connectivity index (χ1n) is 4.56. The summed E-state index contributed by atoms with van der Waals surface area (Å²) >= 11 is 1.25. The first kappa shape index (κ1) is 11.8. The number of nitrogens with two attached hydrogens (primary N) is 1. The van der Waals surface area contributed by atoms with Crippen molar-refractivity contribution >= 4 is 23.5 Å². The van der Waals surface area contributed by atoms with Gasteiger partial charge in [0, 0.05) is 5.56 Å². The molecule has 1 rings (SSSR count). The Kier molecular flexibility index (Phi) is 4.37. The van der Waals surface area contributed by atoms with Gasteiger partial charge in [-0.05, 0) is 12.5 Å². The molecule has 0 aromatic heterocycles. The molecule has 0 spiro atoms. The summed E-state index contributed by atoms with van der Waals surface area (Å²) in [5.74, 6) is 0.141. The van der Waals surface area contributed by atoms with Crippen LogP contribution in [0.4, 0.5) is 0 Å². The highest BCUT2D eigenvalue weighted by molar-refractivity contribution is 8.00. The van der Waals surface area contributed by atoms with Crippen LogP contribution < -0.4 is 5.73 Å². The summed E-state index contributed by atoms with van der Waals surface area (Å²) in [6, 6.07) is 7.41. The highest BCUT2D eigenvalue weighted by atomic mass is 32.2. The minimum Gasteiger partial charge on any atom is -0.369 e. The van der Waals surface area contributed by atoms with E-state index in [9.17, 15) is 9.59 Å². The molecular formula is C11H13NO2S. The molecule has 4 heteroatoms. The average Bonchev–Trinajstić information content (AvgIpc) is 2.17. The topological polar surface area (TPSA) is 60.2 Å². The zero-order valence-corrected chi connectivity index (χ0v) is 9.34. The number of thioether (sulfide) groups is 1. The monoisotopic (exact) mass is 223 g/mol. The van der Waals surface area contributed by atoms with Crippen molar-refractivity contribution < 1.29 is 9.59 Å². The molecule has 0 saturated carbocycles. The molecule has 0 unspecified atom stereocenters. The summed E-state index contributed by atoms with van der Waals surface area (Å²) in [5, 5.41) is 0. The van der Waals surface area contributed by atoms with Crippen molar-refractivity contribution in [3.05, 3.63) is 35.4 Å². The third-order valence-corrected chi connectivity index (χ3v) is 2.88. The molecule has 0 aliphatic heterocycles. The van der Waals surface area contributed by atoms with Gasteiger partial charge in [0.15, 0.2) is 5.78 Å². The number of amides is 1. The van der Waals surface area contributed by atoms with E-state index in [-0.39, 0.29) is 11.5 Å². The maximum absolute atomic E-state index is 11.7. The Morgan fingerprint density at radius 3 is 2.53 bits per heavy atom. The van der Waals surface area contributed by atoms with Gasteiger partial charge in [0.05, 0.1) is 11.5 Å². The van der Waals surface area contributed by atoms with Crippen LogP contribution in [0.5, 0.6) is 0 Å².